The molecule has 30 heavy (non-hydrogen) atoms. The fourth-order valence-electron chi connectivity index (χ4n) is 3.79. The zero-order valence-corrected chi connectivity index (χ0v) is 18.1. The van der Waals surface area contributed by atoms with Crippen LogP contribution in [0.4, 0.5) is 0 Å². The Bertz CT molecular complexity index is 918. The van der Waals surface area contributed by atoms with Crippen LogP contribution in [0.15, 0.2) is 48.8 Å². The smallest absolute Gasteiger partial charge is 0.231 e. The third-order valence-corrected chi connectivity index (χ3v) is 5.88. The largest absolute Gasteiger partial charge is 0.368 e. The number of ketones is 1. The van der Waals surface area contributed by atoms with Gasteiger partial charge in [0.15, 0.2) is 5.78 Å². The van der Waals surface area contributed by atoms with Crippen LogP contribution in [-0.2, 0) is 14.3 Å². The lowest BCUT2D eigenvalue weighted by molar-refractivity contribution is -0.132. The number of rotatable bonds is 7. The van der Waals surface area contributed by atoms with Crippen molar-refractivity contribution in [1.29, 1.82) is 0 Å². The monoisotopic (exact) mass is 410 g/mol. The van der Waals surface area contributed by atoms with E-state index in [9.17, 15) is 14.4 Å². The Balaban J connectivity index is 1.73. The van der Waals surface area contributed by atoms with E-state index >= 15 is 0 Å². The Labute approximate surface area is 177 Å². The number of carbonyl (C=O) groups is 3. The fourth-order valence-corrected chi connectivity index (χ4v) is 3.79. The lowest BCUT2D eigenvalue weighted by Crippen LogP contribution is -2.57. The van der Waals surface area contributed by atoms with E-state index in [1.807, 2.05) is 50.2 Å². The van der Waals surface area contributed by atoms with Crippen LogP contribution in [0.2, 0.25) is 0 Å². The average molecular weight is 411 g/mol. The molecule has 1 fully saturated rings. The average Bonchev–Trinajstić information content (AvgIpc) is 3.29. The maximum atomic E-state index is 13.0. The zero-order chi connectivity index (χ0) is 21.9. The van der Waals surface area contributed by atoms with Crippen molar-refractivity contribution >= 4 is 17.6 Å². The van der Waals surface area contributed by atoms with Crippen LogP contribution in [0.1, 0.15) is 45.3 Å². The van der Waals surface area contributed by atoms with E-state index in [0.29, 0.717) is 6.42 Å². The van der Waals surface area contributed by atoms with E-state index in [1.54, 1.807) is 26.2 Å². The van der Waals surface area contributed by atoms with Crippen LogP contribution in [0.25, 0.3) is 11.1 Å². The Hall–Kier alpha value is -2.73. The maximum absolute atomic E-state index is 13.0. The molecule has 0 spiro atoms. The Morgan fingerprint density at radius 2 is 1.90 bits per heavy atom. The van der Waals surface area contributed by atoms with Gasteiger partial charge in [0, 0.05) is 24.7 Å². The Morgan fingerprint density at radius 1 is 1.20 bits per heavy atom. The first kappa shape index (κ1) is 22.0. The van der Waals surface area contributed by atoms with Gasteiger partial charge in [-0.1, -0.05) is 44.2 Å². The van der Waals surface area contributed by atoms with Crippen molar-refractivity contribution in [2.24, 2.45) is 11.8 Å². The summed E-state index contributed by atoms with van der Waals surface area (Å²) in [6.45, 7) is 7.50. The maximum Gasteiger partial charge on any atom is 0.231 e. The molecule has 0 radical (unpaired) electrons. The summed E-state index contributed by atoms with van der Waals surface area (Å²) >= 11 is 0. The normalized spacial score (nSPS) is 22.3. The van der Waals surface area contributed by atoms with Crippen LogP contribution in [-0.4, -0.2) is 40.4 Å². The number of hydrogen-bond acceptors (Lipinski definition) is 4. The first-order valence-electron chi connectivity index (χ1n) is 10.4. The van der Waals surface area contributed by atoms with Gasteiger partial charge >= 0.3 is 0 Å². The van der Waals surface area contributed by atoms with Crippen molar-refractivity contribution in [2.75, 3.05) is 6.61 Å². The molecule has 1 N–H and O–H groups in total. The molecule has 6 heteroatoms. The Kier molecular flexibility index (Phi) is 6.56. The molecule has 0 aliphatic carbocycles. The molecule has 1 aliphatic heterocycles. The summed E-state index contributed by atoms with van der Waals surface area (Å²) in [5.41, 5.74) is 0.926. The van der Waals surface area contributed by atoms with E-state index < -0.39 is 17.6 Å². The summed E-state index contributed by atoms with van der Waals surface area (Å²) in [6, 6.07) is 11.7. The highest BCUT2D eigenvalue weighted by Crippen LogP contribution is 2.25. The molecule has 0 bridgehead atoms. The Morgan fingerprint density at radius 3 is 2.50 bits per heavy atom. The summed E-state index contributed by atoms with van der Waals surface area (Å²) in [7, 11) is 0. The number of hydrogen-bond donors (Lipinski definition) is 1. The molecule has 0 saturated carbocycles. The van der Waals surface area contributed by atoms with Crippen molar-refractivity contribution in [2.45, 2.75) is 52.2 Å². The van der Waals surface area contributed by atoms with Gasteiger partial charge in [0.1, 0.15) is 12.1 Å². The third-order valence-electron chi connectivity index (χ3n) is 5.88. The summed E-state index contributed by atoms with van der Waals surface area (Å²) in [5.74, 6) is -0.849. The van der Waals surface area contributed by atoms with Crippen LogP contribution < -0.4 is 5.32 Å². The molecule has 2 heterocycles. The van der Waals surface area contributed by atoms with Crippen LogP contribution in [0, 0.1) is 11.8 Å². The van der Waals surface area contributed by atoms with E-state index in [0.717, 1.165) is 11.1 Å². The molecular formula is C24H30N2O4. The molecule has 3 rings (SSSR count). The second-order valence-corrected chi connectivity index (χ2v) is 8.67. The summed E-state index contributed by atoms with van der Waals surface area (Å²) in [6.07, 6.45) is 3.75. The highest BCUT2D eigenvalue weighted by molar-refractivity contribution is 5.97. The first-order valence-corrected chi connectivity index (χ1v) is 10.4. The van der Waals surface area contributed by atoms with Gasteiger partial charge < -0.3 is 10.1 Å². The van der Waals surface area contributed by atoms with Gasteiger partial charge in [-0.15, -0.1) is 0 Å². The molecule has 1 aliphatic rings. The lowest BCUT2D eigenvalue weighted by atomic mass is 9.89. The second kappa shape index (κ2) is 8.96. The second-order valence-electron chi connectivity index (χ2n) is 8.67. The summed E-state index contributed by atoms with van der Waals surface area (Å²) < 4.78 is 6.94. The van der Waals surface area contributed by atoms with E-state index in [-0.39, 0.29) is 36.5 Å². The quantitative estimate of drug-likeness (QED) is 0.755. The van der Waals surface area contributed by atoms with Gasteiger partial charge in [-0.3, -0.25) is 19.0 Å². The zero-order valence-electron chi connectivity index (χ0n) is 18.1. The van der Waals surface area contributed by atoms with Gasteiger partial charge in [-0.25, -0.2) is 0 Å². The molecule has 6 nitrogen and oxygen atoms in total. The van der Waals surface area contributed by atoms with Crippen LogP contribution in [0.3, 0.4) is 0 Å². The summed E-state index contributed by atoms with van der Waals surface area (Å²) in [4.78, 5) is 38.2. The number of Topliss-reactive ketones (excluding diaryl/α,β-unsaturated/α-hetero) is 1. The van der Waals surface area contributed by atoms with Gasteiger partial charge in [0.05, 0.1) is 6.10 Å². The van der Waals surface area contributed by atoms with E-state index in [2.05, 4.69) is 5.32 Å². The molecule has 2 aromatic rings. The summed E-state index contributed by atoms with van der Waals surface area (Å²) in [5, 5.41) is 2.87. The van der Waals surface area contributed by atoms with Gasteiger partial charge in [-0.05, 0) is 43.4 Å². The van der Waals surface area contributed by atoms with Crippen molar-refractivity contribution < 1.29 is 19.1 Å². The van der Waals surface area contributed by atoms with Crippen molar-refractivity contribution in [3.63, 3.8) is 0 Å². The molecule has 3 atom stereocenters. The first-order chi connectivity index (χ1) is 14.2. The fraction of sp³-hybridized carbons (Fsp3) is 0.458. The molecule has 1 saturated heterocycles. The predicted molar refractivity (Wildman–Crippen MR) is 115 cm³/mol. The third kappa shape index (κ3) is 4.70. The number of nitrogens with one attached hydrogen (secondary N) is 1. The lowest BCUT2D eigenvalue weighted by Gasteiger charge is -2.29. The minimum absolute atomic E-state index is 0.00262. The minimum atomic E-state index is -1.05. The number of benzene rings is 1. The van der Waals surface area contributed by atoms with Crippen molar-refractivity contribution in [3.05, 3.63) is 48.8 Å². The van der Waals surface area contributed by atoms with Crippen molar-refractivity contribution in [1.82, 2.24) is 9.88 Å². The van der Waals surface area contributed by atoms with Crippen molar-refractivity contribution in [3.8, 4) is 11.1 Å². The standard InChI is InChI=1S/C24H30N2O4/c1-16(2)12-20(23(29)25-24(4)17(3)30-15-21(24)27)13-22(28)26-11-10-19(14-26)18-8-6-5-7-9-18/h5-11,14,16-17,20H,12-13,15H2,1-4H3,(H,25,29). The van der Waals surface area contributed by atoms with Crippen LogP contribution in [0.5, 0.6) is 0 Å². The number of amides is 1. The number of ether oxygens (including phenoxy) is 1. The molecular weight excluding hydrogens is 380 g/mol. The highest BCUT2D eigenvalue weighted by Gasteiger charge is 2.47. The highest BCUT2D eigenvalue weighted by atomic mass is 16.5. The van der Waals surface area contributed by atoms with Gasteiger partial charge in [0.25, 0.3) is 0 Å². The topological polar surface area (TPSA) is 77.4 Å². The predicted octanol–water partition coefficient (Wildman–Crippen LogP) is 3.71. The minimum Gasteiger partial charge on any atom is -0.368 e. The molecule has 1 aromatic carbocycles. The molecule has 1 amide bonds. The van der Waals surface area contributed by atoms with Crippen LogP contribution >= 0.6 is 0 Å². The number of aromatic nitrogens is 1. The van der Waals surface area contributed by atoms with E-state index in [1.165, 1.54) is 4.57 Å². The molecule has 1 aromatic heterocycles. The number of carbonyl (C=O) groups excluding carboxylic acids is 3. The SMILES string of the molecule is CC(C)CC(CC(=O)n1ccc(-c2ccccc2)c1)C(=O)NC1(C)C(=O)COC1C. The van der Waals surface area contributed by atoms with Gasteiger partial charge in [-0.2, -0.15) is 0 Å². The number of nitrogens with zero attached hydrogens (tertiary/aromatic N) is 1. The van der Waals surface area contributed by atoms with E-state index in [4.69, 9.17) is 4.74 Å². The van der Waals surface area contributed by atoms with Gasteiger partial charge in [0.2, 0.25) is 11.8 Å². The molecule has 160 valence electrons. The molecule has 3 unspecified atom stereocenters.